The minimum absolute atomic E-state index is 0.398. The second-order valence-electron chi connectivity index (χ2n) is 3.89. The SMILES string of the molecule is COC(=O)c1ccc(CN(Cl)c2ccccc2)nc1. The maximum Gasteiger partial charge on any atom is 0.339 e. The van der Waals surface area contributed by atoms with Crippen LogP contribution in [0.3, 0.4) is 0 Å². The van der Waals surface area contributed by atoms with Crippen LogP contribution in [-0.2, 0) is 11.3 Å². The summed E-state index contributed by atoms with van der Waals surface area (Å²) in [5, 5.41) is 0. The Morgan fingerprint density at radius 1 is 1.26 bits per heavy atom. The molecular formula is C14H13ClN2O2. The standard InChI is InChI=1S/C14H13ClN2O2/c1-19-14(18)11-7-8-12(16-9-11)10-17(15)13-5-3-2-4-6-13/h2-9H,10H2,1H3. The van der Waals surface area contributed by atoms with Gasteiger partial charge in [-0.3, -0.25) is 9.40 Å². The van der Waals surface area contributed by atoms with Crippen molar-refractivity contribution in [3.63, 3.8) is 0 Å². The molecule has 0 fully saturated rings. The van der Waals surface area contributed by atoms with Gasteiger partial charge in [-0.15, -0.1) is 0 Å². The number of carbonyl (C=O) groups is 1. The van der Waals surface area contributed by atoms with Crippen molar-refractivity contribution >= 4 is 23.4 Å². The lowest BCUT2D eigenvalue weighted by molar-refractivity contribution is 0.0600. The molecule has 0 aliphatic heterocycles. The highest BCUT2D eigenvalue weighted by molar-refractivity contribution is 6.25. The quantitative estimate of drug-likeness (QED) is 0.636. The van der Waals surface area contributed by atoms with Crippen LogP contribution in [0.25, 0.3) is 0 Å². The Labute approximate surface area is 116 Å². The number of esters is 1. The molecule has 5 heteroatoms. The van der Waals surface area contributed by atoms with Gasteiger partial charge in [-0.2, -0.15) is 0 Å². The fourth-order valence-electron chi connectivity index (χ4n) is 1.58. The first-order valence-electron chi connectivity index (χ1n) is 5.72. The first kappa shape index (κ1) is 13.4. The highest BCUT2D eigenvalue weighted by atomic mass is 35.5. The van der Waals surface area contributed by atoms with Crippen molar-refractivity contribution in [3.05, 3.63) is 59.9 Å². The predicted molar refractivity (Wildman–Crippen MR) is 74.1 cm³/mol. The number of methoxy groups -OCH3 is 1. The molecule has 0 aliphatic rings. The number of carbonyl (C=O) groups excluding carboxylic acids is 1. The van der Waals surface area contributed by atoms with E-state index in [1.165, 1.54) is 13.3 Å². The molecule has 2 rings (SSSR count). The summed E-state index contributed by atoms with van der Waals surface area (Å²) in [7, 11) is 1.34. The Morgan fingerprint density at radius 2 is 2.00 bits per heavy atom. The van der Waals surface area contributed by atoms with Crippen LogP contribution in [0.5, 0.6) is 0 Å². The molecule has 0 unspecified atom stereocenters. The largest absolute Gasteiger partial charge is 0.465 e. The second kappa shape index (κ2) is 6.20. The highest BCUT2D eigenvalue weighted by Gasteiger charge is 2.08. The second-order valence-corrected chi connectivity index (χ2v) is 4.29. The van der Waals surface area contributed by atoms with Crippen molar-refractivity contribution in [1.82, 2.24) is 4.98 Å². The summed E-state index contributed by atoms with van der Waals surface area (Å²) in [4.78, 5) is 15.5. The van der Waals surface area contributed by atoms with E-state index in [1.807, 2.05) is 30.3 Å². The monoisotopic (exact) mass is 276 g/mol. The molecule has 4 nitrogen and oxygen atoms in total. The third kappa shape index (κ3) is 3.45. The van der Waals surface area contributed by atoms with Crippen molar-refractivity contribution in [2.75, 3.05) is 11.5 Å². The third-order valence-corrected chi connectivity index (χ3v) is 2.90. The van der Waals surface area contributed by atoms with E-state index in [0.29, 0.717) is 12.1 Å². The average molecular weight is 277 g/mol. The number of pyridine rings is 1. The van der Waals surface area contributed by atoms with E-state index in [2.05, 4.69) is 9.72 Å². The molecule has 0 N–H and O–H groups in total. The molecule has 0 saturated heterocycles. The number of aromatic nitrogens is 1. The molecule has 0 radical (unpaired) electrons. The van der Waals surface area contributed by atoms with Crippen molar-refractivity contribution < 1.29 is 9.53 Å². The van der Waals surface area contributed by atoms with Crippen molar-refractivity contribution in [1.29, 1.82) is 0 Å². The van der Waals surface area contributed by atoms with Crippen molar-refractivity contribution in [3.8, 4) is 0 Å². The molecule has 1 aromatic heterocycles. The summed E-state index contributed by atoms with van der Waals surface area (Å²) in [6.45, 7) is 0.451. The number of anilines is 1. The molecule has 0 atom stereocenters. The van der Waals surface area contributed by atoms with Gasteiger partial charge in [0.2, 0.25) is 0 Å². The lowest BCUT2D eigenvalue weighted by Crippen LogP contribution is -2.11. The van der Waals surface area contributed by atoms with Crippen LogP contribution < -0.4 is 4.42 Å². The average Bonchev–Trinajstić information content (AvgIpc) is 2.48. The smallest absolute Gasteiger partial charge is 0.339 e. The Morgan fingerprint density at radius 3 is 2.58 bits per heavy atom. The first-order valence-corrected chi connectivity index (χ1v) is 6.06. The van der Waals surface area contributed by atoms with E-state index >= 15 is 0 Å². The zero-order valence-electron chi connectivity index (χ0n) is 10.4. The van der Waals surface area contributed by atoms with Gasteiger partial charge in [0.25, 0.3) is 0 Å². The Bertz CT molecular complexity index is 543. The maximum absolute atomic E-state index is 11.3. The molecule has 19 heavy (non-hydrogen) atoms. The molecule has 0 spiro atoms. The predicted octanol–water partition coefficient (Wildman–Crippen LogP) is 3.03. The van der Waals surface area contributed by atoms with Crippen LogP contribution in [-0.4, -0.2) is 18.1 Å². The number of rotatable bonds is 4. The molecule has 1 heterocycles. The molecule has 0 aliphatic carbocycles. The minimum Gasteiger partial charge on any atom is -0.465 e. The molecule has 0 bridgehead atoms. The van der Waals surface area contributed by atoms with E-state index in [9.17, 15) is 4.79 Å². The van der Waals surface area contributed by atoms with E-state index in [1.54, 1.807) is 16.6 Å². The van der Waals surface area contributed by atoms with E-state index in [-0.39, 0.29) is 0 Å². The zero-order valence-corrected chi connectivity index (χ0v) is 11.2. The lowest BCUT2D eigenvalue weighted by atomic mass is 10.2. The summed E-state index contributed by atoms with van der Waals surface area (Å²) < 4.78 is 6.18. The molecule has 0 amide bonds. The van der Waals surface area contributed by atoms with Gasteiger partial charge < -0.3 is 4.74 Å². The van der Waals surface area contributed by atoms with Crippen LogP contribution in [0, 0.1) is 0 Å². The number of halogens is 1. The molecule has 2 aromatic rings. The van der Waals surface area contributed by atoms with Crippen LogP contribution in [0.2, 0.25) is 0 Å². The normalized spacial score (nSPS) is 10.0. The van der Waals surface area contributed by atoms with Gasteiger partial charge in [-0.1, -0.05) is 18.2 Å². The number of hydrogen-bond donors (Lipinski definition) is 0. The summed E-state index contributed by atoms with van der Waals surface area (Å²) in [6, 6.07) is 13.0. The Kier molecular flexibility index (Phi) is 4.36. The number of benzene rings is 1. The topological polar surface area (TPSA) is 42.4 Å². The summed E-state index contributed by atoms with van der Waals surface area (Å²) in [5.41, 5.74) is 2.08. The minimum atomic E-state index is -0.398. The third-order valence-electron chi connectivity index (χ3n) is 2.58. The first-order chi connectivity index (χ1) is 9.20. The van der Waals surface area contributed by atoms with Gasteiger partial charge in [0.1, 0.15) is 0 Å². The van der Waals surface area contributed by atoms with Crippen molar-refractivity contribution in [2.45, 2.75) is 6.54 Å². The Balaban J connectivity index is 2.06. The molecule has 98 valence electrons. The number of hydrogen-bond acceptors (Lipinski definition) is 4. The van der Waals surface area contributed by atoms with Gasteiger partial charge in [0, 0.05) is 18.0 Å². The van der Waals surface area contributed by atoms with Crippen LogP contribution in [0.4, 0.5) is 5.69 Å². The molecular weight excluding hydrogens is 264 g/mol. The van der Waals surface area contributed by atoms with Gasteiger partial charge in [-0.05, 0) is 24.3 Å². The fraction of sp³-hybridized carbons (Fsp3) is 0.143. The summed E-state index contributed by atoms with van der Waals surface area (Å²) in [5.74, 6) is -0.398. The summed E-state index contributed by atoms with van der Waals surface area (Å²) in [6.07, 6.45) is 1.48. The van der Waals surface area contributed by atoms with Crippen LogP contribution in [0.15, 0.2) is 48.7 Å². The maximum atomic E-state index is 11.3. The lowest BCUT2D eigenvalue weighted by Gasteiger charge is -2.15. The number of ether oxygens (including phenoxy) is 1. The Hall–Kier alpha value is -2.07. The van der Waals surface area contributed by atoms with Crippen molar-refractivity contribution in [2.24, 2.45) is 0 Å². The van der Waals surface area contributed by atoms with Gasteiger partial charge in [0.05, 0.1) is 30.6 Å². The van der Waals surface area contributed by atoms with E-state index < -0.39 is 5.97 Å². The number of nitrogens with zero attached hydrogens (tertiary/aromatic N) is 2. The van der Waals surface area contributed by atoms with Crippen LogP contribution >= 0.6 is 11.8 Å². The van der Waals surface area contributed by atoms with Gasteiger partial charge >= 0.3 is 5.97 Å². The molecule has 1 aromatic carbocycles. The van der Waals surface area contributed by atoms with E-state index in [4.69, 9.17) is 11.8 Å². The van der Waals surface area contributed by atoms with Crippen LogP contribution in [0.1, 0.15) is 16.1 Å². The molecule has 0 saturated carbocycles. The highest BCUT2D eigenvalue weighted by Crippen LogP contribution is 2.18. The van der Waals surface area contributed by atoms with Gasteiger partial charge in [0.15, 0.2) is 0 Å². The van der Waals surface area contributed by atoms with Gasteiger partial charge in [-0.25, -0.2) is 4.79 Å². The zero-order chi connectivity index (χ0) is 13.7. The fourth-order valence-corrected chi connectivity index (χ4v) is 1.82. The number of para-hydroxylation sites is 1. The summed E-state index contributed by atoms with van der Waals surface area (Å²) >= 11 is 6.17. The van der Waals surface area contributed by atoms with E-state index in [0.717, 1.165) is 11.4 Å².